The van der Waals surface area contributed by atoms with E-state index in [-0.39, 0.29) is 6.42 Å². The maximum Gasteiger partial charge on any atom is 0.304 e. The molecule has 0 aliphatic rings. The van der Waals surface area contributed by atoms with E-state index in [2.05, 4.69) is 42.8 Å². The van der Waals surface area contributed by atoms with Crippen molar-refractivity contribution in [2.45, 2.75) is 45.1 Å². The van der Waals surface area contributed by atoms with Gasteiger partial charge in [-0.2, -0.15) is 0 Å². The quantitative estimate of drug-likeness (QED) is 0.532. The second kappa shape index (κ2) is 14.2. The lowest BCUT2D eigenvalue weighted by Crippen LogP contribution is -1.98. The molecule has 1 unspecified atom stereocenters. The molecular weight excluding hydrogens is 264 g/mol. The maximum atomic E-state index is 10.2. The van der Waals surface area contributed by atoms with Crippen LogP contribution in [-0.4, -0.2) is 22.3 Å². The lowest BCUT2D eigenvalue weighted by atomic mass is 10.2. The molecule has 3 nitrogen and oxygen atoms in total. The molecule has 0 heterocycles. The fraction of sp³-hybridized carbons (Fsp3) is 0.389. The Morgan fingerprint density at radius 2 is 1.95 bits per heavy atom. The van der Waals surface area contributed by atoms with E-state index in [1.165, 1.54) is 0 Å². The zero-order valence-corrected chi connectivity index (χ0v) is 12.4. The number of hydrogen-bond acceptors (Lipinski definition) is 2. The van der Waals surface area contributed by atoms with Crippen molar-refractivity contribution in [3.63, 3.8) is 0 Å². The molecule has 0 aliphatic carbocycles. The summed E-state index contributed by atoms with van der Waals surface area (Å²) in [4.78, 5) is 10.2. The van der Waals surface area contributed by atoms with Gasteiger partial charge in [0.25, 0.3) is 0 Å². The molecule has 0 aromatic rings. The van der Waals surface area contributed by atoms with E-state index < -0.39 is 12.1 Å². The van der Waals surface area contributed by atoms with Crippen molar-refractivity contribution in [2.75, 3.05) is 0 Å². The SMILES string of the molecule is CCC=CCC=CCC(O)C=CC#CC#CCCC(=O)O. The molecule has 0 bridgehead atoms. The van der Waals surface area contributed by atoms with Crippen LogP contribution in [0.1, 0.15) is 39.0 Å². The number of aliphatic hydroxyl groups is 1. The molecule has 0 spiro atoms. The molecule has 1 atom stereocenters. The topological polar surface area (TPSA) is 57.5 Å². The molecular formula is C18H22O3. The zero-order valence-electron chi connectivity index (χ0n) is 12.4. The minimum atomic E-state index is -0.862. The van der Waals surface area contributed by atoms with Crippen molar-refractivity contribution in [1.29, 1.82) is 0 Å². The average Bonchev–Trinajstić information content (AvgIpc) is 2.45. The van der Waals surface area contributed by atoms with E-state index in [0.29, 0.717) is 12.8 Å². The van der Waals surface area contributed by atoms with Gasteiger partial charge in [0.15, 0.2) is 0 Å². The van der Waals surface area contributed by atoms with Crippen LogP contribution in [0.2, 0.25) is 0 Å². The molecule has 0 saturated carbocycles. The number of allylic oxidation sites excluding steroid dienone is 4. The molecule has 2 N–H and O–H groups in total. The monoisotopic (exact) mass is 286 g/mol. The Morgan fingerprint density at radius 3 is 2.67 bits per heavy atom. The van der Waals surface area contributed by atoms with Gasteiger partial charge in [-0.3, -0.25) is 4.79 Å². The zero-order chi connectivity index (χ0) is 15.8. The number of hydrogen-bond donors (Lipinski definition) is 2. The minimum absolute atomic E-state index is 0.0308. The molecule has 0 aliphatic heterocycles. The predicted octanol–water partition coefficient (Wildman–Crippen LogP) is 3.08. The molecule has 0 aromatic carbocycles. The van der Waals surface area contributed by atoms with Crippen molar-refractivity contribution in [3.8, 4) is 23.7 Å². The van der Waals surface area contributed by atoms with E-state index in [1.54, 1.807) is 12.2 Å². The van der Waals surface area contributed by atoms with Gasteiger partial charge in [0.05, 0.1) is 12.5 Å². The first-order chi connectivity index (χ1) is 10.2. The van der Waals surface area contributed by atoms with E-state index in [0.717, 1.165) is 12.8 Å². The number of aliphatic carboxylic acids is 1. The van der Waals surface area contributed by atoms with Gasteiger partial charge in [-0.15, -0.1) is 0 Å². The molecule has 0 amide bonds. The Bertz CT molecular complexity index is 490. The van der Waals surface area contributed by atoms with Crippen LogP contribution in [0.15, 0.2) is 36.5 Å². The van der Waals surface area contributed by atoms with Crippen LogP contribution in [0.25, 0.3) is 0 Å². The number of carboxylic acids is 1. The third kappa shape index (κ3) is 15.7. The van der Waals surface area contributed by atoms with Crippen molar-refractivity contribution < 1.29 is 15.0 Å². The fourth-order valence-electron chi connectivity index (χ4n) is 1.26. The third-order valence-electron chi connectivity index (χ3n) is 2.31. The summed E-state index contributed by atoms with van der Waals surface area (Å²) in [5.41, 5.74) is 0. The Hall–Kier alpha value is -2.23. The smallest absolute Gasteiger partial charge is 0.304 e. The molecule has 0 saturated heterocycles. The van der Waals surface area contributed by atoms with Gasteiger partial charge in [-0.25, -0.2) is 0 Å². The van der Waals surface area contributed by atoms with Crippen LogP contribution in [0.3, 0.4) is 0 Å². The van der Waals surface area contributed by atoms with Crippen molar-refractivity contribution in [2.24, 2.45) is 0 Å². The van der Waals surface area contributed by atoms with Crippen LogP contribution < -0.4 is 0 Å². The van der Waals surface area contributed by atoms with E-state index in [1.807, 2.05) is 12.2 Å². The molecule has 0 fully saturated rings. The summed E-state index contributed by atoms with van der Waals surface area (Å²) in [6, 6.07) is 0. The first-order valence-corrected chi connectivity index (χ1v) is 7.01. The van der Waals surface area contributed by atoms with Gasteiger partial charge >= 0.3 is 5.97 Å². The Balaban J connectivity index is 3.87. The highest BCUT2D eigenvalue weighted by atomic mass is 16.4. The van der Waals surface area contributed by atoms with Gasteiger partial charge in [-0.05, 0) is 43.3 Å². The Morgan fingerprint density at radius 1 is 1.19 bits per heavy atom. The van der Waals surface area contributed by atoms with Gasteiger partial charge in [0, 0.05) is 6.42 Å². The standard InChI is InChI=1S/C18H22O3/c1-2-3-4-5-8-11-14-17(19)15-12-9-6-7-10-13-16-18(20)21/h3-4,8,11-12,15,17,19H,2,5,13-14,16H2,1H3,(H,20,21). The van der Waals surface area contributed by atoms with Crippen molar-refractivity contribution in [1.82, 2.24) is 0 Å². The van der Waals surface area contributed by atoms with Crippen LogP contribution in [0.5, 0.6) is 0 Å². The summed E-state index contributed by atoms with van der Waals surface area (Å²) in [6.07, 6.45) is 13.6. The predicted molar refractivity (Wildman–Crippen MR) is 85.4 cm³/mol. The van der Waals surface area contributed by atoms with E-state index in [4.69, 9.17) is 5.11 Å². The van der Waals surface area contributed by atoms with E-state index in [9.17, 15) is 9.90 Å². The first-order valence-electron chi connectivity index (χ1n) is 7.01. The third-order valence-corrected chi connectivity index (χ3v) is 2.31. The van der Waals surface area contributed by atoms with Crippen LogP contribution in [0, 0.1) is 23.7 Å². The molecule has 21 heavy (non-hydrogen) atoms. The maximum absolute atomic E-state index is 10.2. The summed E-state index contributed by atoms with van der Waals surface area (Å²) < 4.78 is 0. The normalized spacial score (nSPS) is 12.1. The minimum Gasteiger partial charge on any atom is -0.481 e. The van der Waals surface area contributed by atoms with Gasteiger partial charge in [0.2, 0.25) is 0 Å². The van der Waals surface area contributed by atoms with Gasteiger partial charge in [-0.1, -0.05) is 43.1 Å². The molecule has 0 radical (unpaired) electrons. The van der Waals surface area contributed by atoms with Gasteiger partial charge in [0.1, 0.15) is 0 Å². The average molecular weight is 286 g/mol. The van der Waals surface area contributed by atoms with Gasteiger partial charge < -0.3 is 10.2 Å². The molecule has 112 valence electrons. The van der Waals surface area contributed by atoms with Crippen LogP contribution >= 0.6 is 0 Å². The fourth-order valence-corrected chi connectivity index (χ4v) is 1.26. The van der Waals surface area contributed by atoms with Crippen LogP contribution in [-0.2, 0) is 4.79 Å². The molecule has 0 aromatic heterocycles. The molecule has 3 heteroatoms. The number of rotatable bonds is 8. The number of carboxylic acid groups (broad SMARTS) is 1. The lowest BCUT2D eigenvalue weighted by molar-refractivity contribution is -0.136. The summed E-state index contributed by atoms with van der Waals surface area (Å²) in [6.45, 7) is 2.09. The summed E-state index contributed by atoms with van der Waals surface area (Å²) >= 11 is 0. The highest BCUT2D eigenvalue weighted by Gasteiger charge is 1.92. The second-order valence-corrected chi connectivity index (χ2v) is 4.21. The highest BCUT2D eigenvalue weighted by molar-refractivity contribution is 5.67. The van der Waals surface area contributed by atoms with E-state index >= 15 is 0 Å². The Kier molecular flexibility index (Phi) is 12.7. The lowest BCUT2D eigenvalue weighted by Gasteiger charge is -1.98. The summed E-state index contributed by atoms with van der Waals surface area (Å²) in [7, 11) is 0. The second-order valence-electron chi connectivity index (χ2n) is 4.21. The largest absolute Gasteiger partial charge is 0.481 e. The summed E-state index contributed by atoms with van der Waals surface area (Å²) in [5, 5.41) is 18.0. The number of aliphatic hydroxyl groups excluding tert-OH is 1. The van der Waals surface area contributed by atoms with Crippen molar-refractivity contribution in [3.05, 3.63) is 36.5 Å². The first kappa shape index (κ1) is 18.8. The molecule has 0 rings (SSSR count). The van der Waals surface area contributed by atoms with Crippen molar-refractivity contribution >= 4 is 5.97 Å². The van der Waals surface area contributed by atoms with Crippen LogP contribution in [0.4, 0.5) is 0 Å². The highest BCUT2D eigenvalue weighted by Crippen LogP contribution is 1.97. The number of carbonyl (C=O) groups is 1. The summed E-state index contributed by atoms with van der Waals surface area (Å²) in [5.74, 6) is 9.59. The Labute approximate surface area is 127 Å².